The van der Waals surface area contributed by atoms with Gasteiger partial charge in [0, 0.05) is 16.7 Å². The average molecular weight is 313 g/mol. The molecule has 0 spiro atoms. The highest BCUT2D eigenvalue weighted by Gasteiger charge is 2.23. The lowest BCUT2D eigenvalue weighted by molar-refractivity contribution is 0.102. The van der Waals surface area contributed by atoms with Crippen molar-refractivity contribution in [2.45, 2.75) is 0 Å². The van der Waals surface area contributed by atoms with Crippen molar-refractivity contribution in [1.82, 2.24) is 0 Å². The summed E-state index contributed by atoms with van der Waals surface area (Å²) in [6.45, 7) is 7.20. The minimum Gasteiger partial charge on any atom is -0.507 e. The molecule has 2 aromatic rings. The van der Waals surface area contributed by atoms with E-state index in [0.29, 0.717) is 11.1 Å². The van der Waals surface area contributed by atoms with Crippen LogP contribution in [0.15, 0.2) is 49.6 Å². The second-order valence-corrected chi connectivity index (χ2v) is 4.90. The van der Waals surface area contributed by atoms with Gasteiger partial charge in [0.1, 0.15) is 5.75 Å². The molecular weight excluding hydrogens is 300 g/mol. The van der Waals surface area contributed by atoms with E-state index in [2.05, 4.69) is 13.2 Å². The van der Waals surface area contributed by atoms with E-state index in [4.69, 9.17) is 11.6 Å². The molecule has 2 rings (SSSR count). The number of hydrogen-bond donors (Lipinski definition) is 1. The molecular formula is C18H13ClO3. The van der Waals surface area contributed by atoms with Crippen molar-refractivity contribution in [1.29, 1.82) is 0 Å². The van der Waals surface area contributed by atoms with E-state index in [9.17, 15) is 14.7 Å². The first-order chi connectivity index (χ1) is 10.5. The van der Waals surface area contributed by atoms with E-state index in [-0.39, 0.29) is 16.9 Å². The molecule has 3 nitrogen and oxygen atoms in total. The van der Waals surface area contributed by atoms with Crippen molar-refractivity contribution in [2.75, 3.05) is 0 Å². The maximum Gasteiger partial charge on any atom is 0.253 e. The molecule has 0 aliphatic carbocycles. The maximum absolute atomic E-state index is 12.6. The summed E-state index contributed by atoms with van der Waals surface area (Å²) in [5.74, 6) is -0.792. The van der Waals surface area contributed by atoms with E-state index in [1.807, 2.05) is 0 Å². The first kappa shape index (κ1) is 15.7. The molecule has 2 aromatic carbocycles. The number of carbonyl (C=O) groups is 2. The smallest absolute Gasteiger partial charge is 0.253 e. The Bertz CT molecular complexity index is 774. The van der Waals surface area contributed by atoms with Gasteiger partial charge < -0.3 is 5.11 Å². The number of phenolic OH excluding ortho intramolecular Hbond substituents is 1. The van der Waals surface area contributed by atoms with Crippen molar-refractivity contribution in [3.8, 4) is 5.75 Å². The molecule has 0 atom stereocenters. The molecule has 22 heavy (non-hydrogen) atoms. The van der Waals surface area contributed by atoms with Crippen LogP contribution >= 0.6 is 11.6 Å². The number of phenols is 1. The lowest BCUT2D eigenvalue weighted by Crippen LogP contribution is -2.08. The third kappa shape index (κ3) is 2.85. The van der Waals surface area contributed by atoms with Gasteiger partial charge in [-0.25, -0.2) is 0 Å². The van der Waals surface area contributed by atoms with Crippen LogP contribution < -0.4 is 0 Å². The fourth-order valence-corrected chi connectivity index (χ4v) is 2.24. The molecule has 0 saturated heterocycles. The van der Waals surface area contributed by atoms with Gasteiger partial charge in [0.2, 0.25) is 0 Å². The van der Waals surface area contributed by atoms with Crippen LogP contribution in [-0.4, -0.2) is 16.1 Å². The largest absolute Gasteiger partial charge is 0.507 e. The second-order valence-electron chi connectivity index (χ2n) is 4.56. The van der Waals surface area contributed by atoms with Gasteiger partial charge in [-0.2, -0.15) is 0 Å². The SMILES string of the molecule is C=Cc1ccc(C(=O)c2c(C(=O)Cl)ccc(C=C)c2O)cc1. The van der Waals surface area contributed by atoms with Gasteiger partial charge in [-0.1, -0.05) is 55.6 Å². The lowest BCUT2D eigenvalue weighted by atomic mass is 9.94. The first-order valence-corrected chi connectivity index (χ1v) is 6.82. The monoisotopic (exact) mass is 312 g/mol. The van der Waals surface area contributed by atoms with Gasteiger partial charge in [0.15, 0.2) is 5.78 Å². The van der Waals surface area contributed by atoms with Gasteiger partial charge in [-0.3, -0.25) is 9.59 Å². The van der Waals surface area contributed by atoms with Crippen LogP contribution in [-0.2, 0) is 0 Å². The zero-order valence-corrected chi connectivity index (χ0v) is 12.4. The molecule has 4 heteroatoms. The summed E-state index contributed by atoms with van der Waals surface area (Å²) in [5.41, 5.74) is 1.38. The van der Waals surface area contributed by atoms with Crippen LogP contribution in [0.3, 0.4) is 0 Å². The summed E-state index contributed by atoms with van der Waals surface area (Å²) < 4.78 is 0. The Morgan fingerprint density at radius 2 is 1.64 bits per heavy atom. The van der Waals surface area contributed by atoms with Gasteiger partial charge in [0.25, 0.3) is 5.24 Å². The summed E-state index contributed by atoms with van der Waals surface area (Å²) in [6, 6.07) is 9.52. The molecule has 0 unspecified atom stereocenters. The topological polar surface area (TPSA) is 54.4 Å². The molecule has 0 aliphatic rings. The quantitative estimate of drug-likeness (QED) is 0.662. The van der Waals surface area contributed by atoms with Gasteiger partial charge in [-0.05, 0) is 23.2 Å². The van der Waals surface area contributed by atoms with Crippen LogP contribution in [0, 0.1) is 0 Å². The van der Waals surface area contributed by atoms with Crippen LogP contribution in [0.4, 0.5) is 0 Å². The Balaban J connectivity index is 2.62. The van der Waals surface area contributed by atoms with E-state index in [1.165, 1.54) is 18.2 Å². The van der Waals surface area contributed by atoms with Crippen LogP contribution in [0.5, 0.6) is 5.75 Å². The van der Waals surface area contributed by atoms with Crippen LogP contribution in [0.1, 0.15) is 37.4 Å². The molecule has 0 aliphatic heterocycles. The zero-order valence-electron chi connectivity index (χ0n) is 11.7. The Morgan fingerprint density at radius 1 is 1.00 bits per heavy atom. The molecule has 110 valence electrons. The molecule has 0 fully saturated rings. The maximum atomic E-state index is 12.6. The molecule has 0 saturated carbocycles. The number of carbonyl (C=O) groups excluding carboxylic acids is 2. The highest BCUT2D eigenvalue weighted by Crippen LogP contribution is 2.30. The average Bonchev–Trinajstić information content (AvgIpc) is 2.53. The van der Waals surface area contributed by atoms with Gasteiger partial charge in [0.05, 0.1) is 5.56 Å². The molecule has 0 bridgehead atoms. The summed E-state index contributed by atoms with van der Waals surface area (Å²) in [7, 11) is 0. The third-order valence-corrected chi connectivity index (χ3v) is 3.48. The van der Waals surface area contributed by atoms with Crippen molar-refractivity contribution in [3.63, 3.8) is 0 Å². The van der Waals surface area contributed by atoms with E-state index >= 15 is 0 Å². The fourth-order valence-electron chi connectivity index (χ4n) is 2.08. The van der Waals surface area contributed by atoms with E-state index in [0.717, 1.165) is 5.56 Å². The minimum atomic E-state index is -0.808. The number of aromatic hydroxyl groups is 1. The molecule has 0 amide bonds. The number of ketones is 1. The number of hydrogen-bond acceptors (Lipinski definition) is 3. The second kappa shape index (κ2) is 6.41. The van der Waals surface area contributed by atoms with Crippen molar-refractivity contribution >= 4 is 34.8 Å². The number of rotatable bonds is 5. The number of benzene rings is 2. The molecule has 0 aromatic heterocycles. The van der Waals surface area contributed by atoms with Gasteiger partial charge in [-0.15, -0.1) is 0 Å². The Kier molecular flexibility index (Phi) is 4.59. The minimum absolute atomic E-state index is 0.0393. The predicted molar refractivity (Wildman–Crippen MR) is 88.3 cm³/mol. The van der Waals surface area contributed by atoms with Gasteiger partial charge >= 0.3 is 0 Å². The Hall–Kier alpha value is -2.65. The third-order valence-electron chi connectivity index (χ3n) is 3.28. The highest BCUT2D eigenvalue weighted by molar-refractivity contribution is 6.68. The van der Waals surface area contributed by atoms with Crippen molar-refractivity contribution in [3.05, 3.63) is 77.4 Å². The standard InChI is InChI=1S/C18H13ClO3/c1-3-11-5-7-13(8-6-11)17(21)15-14(18(19)22)10-9-12(4-2)16(15)20/h3-10,20H,1-2H2. The predicted octanol–water partition coefficient (Wildman–Crippen LogP) is 4.29. The van der Waals surface area contributed by atoms with Crippen molar-refractivity contribution < 1.29 is 14.7 Å². The summed E-state index contributed by atoms with van der Waals surface area (Å²) in [6.07, 6.45) is 3.05. The zero-order chi connectivity index (χ0) is 16.3. The fraction of sp³-hybridized carbons (Fsp3) is 0. The highest BCUT2D eigenvalue weighted by atomic mass is 35.5. The lowest BCUT2D eigenvalue weighted by Gasteiger charge is -2.10. The summed E-state index contributed by atoms with van der Waals surface area (Å²) >= 11 is 5.51. The van der Waals surface area contributed by atoms with E-state index in [1.54, 1.807) is 30.3 Å². The molecule has 0 radical (unpaired) electrons. The Morgan fingerprint density at radius 3 is 2.14 bits per heavy atom. The van der Waals surface area contributed by atoms with Crippen molar-refractivity contribution in [2.24, 2.45) is 0 Å². The van der Waals surface area contributed by atoms with Crippen LogP contribution in [0.2, 0.25) is 0 Å². The molecule has 1 N–H and O–H groups in total. The Labute approximate surface area is 133 Å². The summed E-state index contributed by atoms with van der Waals surface area (Å²) in [5, 5.41) is 9.42. The normalized spacial score (nSPS) is 10.0. The van der Waals surface area contributed by atoms with Crippen LogP contribution in [0.25, 0.3) is 12.2 Å². The van der Waals surface area contributed by atoms with E-state index < -0.39 is 11.0 Å². The number of halogens is 1. The summed E-state index contributed by atoms with van der Waals surface area (Å²) in [4.78, 5) is 24.1. The molecule has 0 heterocycles. The first-order valence-electron chi connectivity index (χ1n) is 6.45.